The van der Waals surface area contributed by atoms with Gasteiger partial charge in [-0.2, -0.15) is 0 Å². The van der Waals surface area contributed by atoms with E-state index in [2.05, 4.69) is 20.6 Å². The van der Waals surface area contributed by atoms with E-state index in [1.807, 2.05) is 4.90 Å². The minimum atomic E-state index is -0.853. The molecule has 132 valence electrons. The molecule has 25 heavy (non-hydrogen) atoms. The molecule has 1 saturated heterocycles. The molecule has 0 aliphatic carbocycles. The second kappa shape index (κ2) is 6.88. The van der Waals surface area contributed by atoms with Crippen LogP contribution in [0.4, 0.5) is 5.82 Å². The van der Waals surface area contributed by atoms with Crippen LogP contribution in [0.2, 0.25) is 0 Å². The fourth-order valence-corrected chi connectivity index (χ4v) is 3.31. The molecular formula is C16H20N6O3. The number of carbonyl (C=O) groups is 2. The van der Waals surface area contributed by atoms with Crippen molar-refractivity contribution in [2.24, 2.45) is 13.0 Å². The number of nitrogens with one attached hydrogen (secondary N) is 1. The quantitative estimate of drug-likeness (QED) is 0.800. The van der Waals surface area contributed by atoms with Crippen LogP contribution in [0.5, 0.6) is 0 Å². The van der Waals surface area contributed by atoms with Crippen molar-refractivity contribution in [1.29, 1.82) is 0 Å². The number of carboxylic acids is 1. The number of amides is 1. The van der Waals surface area contributed by atoms with Crippen molar-refractivity contribution in [3.05, 3.63) is 35.8 Å². The number of pyridine rings is 1. The van der Waals surface area contributed by atoms with E-state index < -0.39 is 5.97 Å². The highest BCUT2D eigenvalue weighted by molar-refractivity contribution is 5.98. The van der Waals surface area contributed by atoms with Gasteiger partial charge in [-0.3, -0.25) is 14.3 Å². The van der Waals surface area contributed by atoms with Crippen LogP contribution in [0.3, 0.4) is 0 Å². The molecule has 3 heterocycles. The third kappa shape index (κ3) is 3.44. The third-order valence-corrected chi connectivity index (χ3v) is 4.44. The Morgan fingerprint density at radius 2 is 2.20 bits per heavy atom. The first-order chi connectivity index (χ1) is 12.0. The molecule has 0 unspecified atom stereocenters. The average molecular weight is 344 g/mol. The molecule has 3 rings (SSSR count). The minimum Gasteiger partial charge on any atom is -0.481 e. The normalized spacial score (nSPS) is 19.8. The van der Waals surface area contributed by atoms with Crippen LogP contribution in [0.25, 0.3) is 0 Å². The lowest BCUT2D eigenvalue weighted by molar-refractivity contribution is -0.138. The largest absolute Gasteiger partial charge is 0.481 e. The van der Waals surface area contributed by atoms with Crippen molar-refractivity contribution < 1.29 is 14.7 Å². The molecule has 2 N–H and O–H groups in total. The minimum absolute atomic E-state index is 0.0277. The second-order valence-electron chi connectivity index (χ2n) is 6.14. The smallest absolute Gasteiger partial charge is 0.303 e. The lowest BCUT2D eigenvalue weighted by atomic mass is 9.91. The van der Waals surface area contributed by atoms with E-state index in [9.17, 15) is 14.7 Å². The first kappa shape index (κ1) is 16.9. The standard InChI is InChI=1S/C16H20N6O3/c1-17-16(25)11-4-3-5-18-15(11)22-7-10(6-14(23)24)12(8-22)13-9-21(2)20-19-13/h3-5,9-10,12H,6-8H2,1-2H3,(H,17,25)(H,23,24)/t10-,12+/m0/s1. The molecule has 1 fully saturated rings. The second-order valence-corrected chi connectivity index (χ2v) is 6.14. The van der Waals surface area contributed by atoms with Crippen LogP contribution >= 0.6 is 0 Å². The Morgan fingerprint density at radius 1 is 1.40 bits per heavy atom. The number of aromatic nitrogens is 4. The number of carbonyl (C=O) groups excluding carboxylic acids is 1. The van der Waals surface area contributed by atoms with Gasteiger partial charge in [0.25, 0.3) is 5.91 Å². The Hall–Kier alpha value is -2.97. The van der Waals surface area contributed by atoms with Crippen LogP contribution in [0.15, 0.2) is 24.5 Å². The van der Waals surface area contributed by atoms with E-state index in [-0.39, 0.29) is 24.2 Å². The summed E-state index contributed by atoms with van der Waals surface area (Å²) < 4.78 is 1.60. The molecule has 2 atom stereocenters. The number of carboxylic acid groups (broad SMARTS) is 1. The molecule has 1 aliphatic heterocycles. The Morgan fingerprint density at radius 3 is 2.84 bits per heavy atom. The van der Waals surface area contributed by atoms with Gasteiger partial charge in [-0.15, -0.1) is 5.10 Å². The van der Waals surface area contributed by atoms with Crippen LogP contribution in [0.1, 0.15) is 28.4 Å². The van der Waals surface area contributed by atoms with Crippen molar-refractivity contribution in [2.45, 2.75) is 12.3 Å². The highest BCUT2D eigenvalue weighted by atomic mass is 16.4. The zero-order chi connectivity index (χ0) is 18.0. The van der Waals surface area contributed by atoms with Crippen molar-refractivity contribution in [3.63, 3.8) is 0 Å². The van der Waals surface area contributed by atoms with Crippen LogP contribution in [-0.2, 0) is 11.8 Å². The number of nitrogens with zero attached hydrogens (tertiary/aromatic N) is 5. The van der Waals surface area contributed by atoms with Gasteiger partial charge in [-0.25, -0.2) is 4.98 Å². The van der Waals surface area contributed by atoms with E-state index in [4.69, 9.17) is 0 Å². The fourth-order valence-electron chi connectivity index (χ4n) is 3.31. The Balaban J connectivity index is 1.92. The maximum Gasteiger partial charge on any atom is 0.303 e. The van der Waals surface area contributed by atoms with Crippen molar-refractivity contribution >= 4 is 17.7 Å². The number of aryl methyl sites for hydroxylation is 1. The van der Waals surface area contributed by atoms with E-state index in [1.54, 1.807) is 43.3 Å². The maximum absolute atomic E-state index is 12.1. The van der Waals surface area contributed by atoms with Crippen molar-refractivity contribution in [3.8, 4) is 0 Å². The van der Waals surface area contributed by atoms with Gasteiger partial charge in [0, 0.05) is 45.5 Å². The molecule has 2 aromatic heterocycles. The molecular weight excluding hydrogens is 324 g/mol. The first-order valence-electron chi connectivity index (χ1n) is 7.99. The van der Waals surface area contributed by atoms with Gasteiger partial charge in [0.15, 0.2) is 0 Å². The lowest BCUT2D eigenvalue weighted by Crippen LogP contribution is -2.27. The predicted molar refractivity (Wildman–Crippen MR) is 89.3 cm³/mol. The average Bonchev–Trinajstić information content (AvgIpc) is 3.20. The van der Waals surface area contributed by atoms with Gasteiger partial charge < -0.3 is 15.3 Å². The molecule has 2 aromatic rings. The van der Waals surface area contributed by atoms with Crippen LogP contribution in [0, 0.1) is 5.92 Å². The summed E-state index contributed by atoms with van der Waals surface area (Å²) in [6, 6.07) is 3.42. The highest BCUT2D eigenvalue weighted by Crippen LogP contribution is 2.36. The fraction of sp³-hybridized carbons (Fsp3) is 0.438. The van der Waals surface area contributed by atoms with E-state index in [0.717, 1.165) is 5.69 Å². The van der Waals surface area contributed by atoms with Gasteiger partial charge in [0.2, 0.25) is 0 Å². The lowest BCUT2D eigenvalue weighted by Gasteiger charge is -2.19. The van der Waals surface area contributed by atoms with Crippen molar-refractivity contribution in [2.75, 3.05) is 25.0 Å². The van der Waals surface area contributed by atoms with Gasteiger partial charge in [0.05, 0.1) is 17.7 Å². The number of hydrogen-bond donors (Lipinski definition) is 2. The zero-order valence-electron chi connectivity index (χ0n) is 14.1. The van der Waals surface area contributed by atoms with E-state index in [1.165, 1.54) is 0 Å². The summed E-state index contributed by atoms with van der Waals surface area (Å²) in [6.07, 6.45) is 3.46. The number of hydrogen-bond acceptors (Lipinski definition) is 6. The summed E-state index contributed by atoms with van der Waals surface area (Å²) >= 11 is 0. The summed E-state index contributed by atoms with van der Waals surface area (Å²) in [5.74, 6) is -0.726. The Kier molecular flexibility index (Phi) is 4.64. The monoisotopic (exact) mass is 344 g/mol. The highest BCUT2D eigenvalue weighted by Gasteiger charge is 2.38. The molecule has 1 aliphatic rings. The molecule has 0 bridgehead atoms. The summed E-state index contributed by atoms with van der Waals surface area (Å²) in [4.78, 5) is 29.7. The van der Waals surface area contributed by atoms with Crippen LogP contribution in [-0.4, -0.2) is 57.1 Å². The number of aliphatic carboxylic acids is 1. The molecule has 0 aromatic carbocycles. The Labute approximate surface area is 144 Å². The summed E-state index contributed by atoms with van der Waals surface area (Å²) in [5, 5.41) is 20.0. The molecule has 9 heteroatoms. The van der Waals surface area contributed by atoms with Gasteiger partial charge >= 0.3 is 5.97 Å². The van der Waals surface area contributed by atoms with E-state index >= 15 is 0 Å². The summed E-state index contributed by atoms with van der Waals surface area (Å²) in [7, 11) is 3.34. The van der Waals surface area contributed by atoms with Crippen LogP contribution < -0.4 is 10.2 Å². The molecule has 9 nitrogen and oxygen atoms in total. The van der Waals surface area contributed by atoms with Gasteiger partial charge in [-0.05, 0) is 18.1 Å². The molecule has 0 spiro atoms. The SMILES string of the molecule is CNC(=O)c1cccnc1N1C[C@H](CC(=O)O)[C@H](c2cn(C)nn2)C1. The van der Waals surface area contributed by atoms with Gasteiger partial charge in [-0.1, -0.05) is 5.21 Å². The summed E-state index contributed by atoms with van der Waals surface area (Å²) in [5.41, 5.74) is 1.23. The molecule has 0 radical (unpaired) electrons. The molecule has 0 saturated carbocycles. The summed E-state index contributed by atoms with van der Waals surface area (Å²) in [6.45, 7) is 1.03. The molecule has 1 amide bonds. The zero-order valence-corrected chi connectivity index (χ0v) is 14.1. The first-order valence-corrected chi connectivity index (χ1v) is 7.99. The predicted octanol–water partition coefficient (Wildman–Crippen LogP) is 0.264. The number of anilines is 1. The Bertz CT molecular complexity index is 790. The number of rotatable bonds is 5. The van der Waals surface area contributed by atoms with E-state index in [0.29, 0.717) is 24.5 Å². The van der Waals surface area contributed by atoms with Gasteiger partial charge in [0.1, 0.15) is 5.82 Å². The van der Waals surface area contributed by atoms with Crippen molar-refractivity contribution in [1.82, 2.24) is 25.3 Å². The maximum atomic E-state index is 12.1. The third-order valence-electron chi connectivity index (χ3n) is 4.44. The topological polar surface area (TPSA) is 113 Å².